The Morgan fingerprint density at radius 1 is 1.29 bits per heavy atom. The van der Waals surface area contributed by atoms with Crippen molar-refractivity contribution in [3.63, 3.8) is 0 Å². The van der Waals surface area contributed by atoms with Crippen molar-refractivity contribution in [2.24, 2.45) is 0 Å². The van der Waals surface area contributed by atoms with E-state index in [-0.39, 0.29) is 10.8 Å². The molecule has 0 fully saturated rings. The van der Waals surface area contributed by atoms with E-state index in [1.807, 2.05) is 0 Å². The first-order valence-electron chi connectivity index (χ1n) is 3.81. The van der Waals surface area contributed by atoms with Crippen molar-refractivity contribution in [3.8, 4) is 5.75 Å². The normalized spacial score (nSPS) is 10.7. The van der Waals surface area contributed by atoms with Gasteiger partial charge in [-0.3, -0.25) is 4.79 Å². The number of hydrogen-bond donors (Lipinski definition) is 1. The van der Waals surface area contributed by atoms with Gasteiger partial charge in [0.15, 0.2) is 0 Å². The quantitative estimate of drug-likeness (QED) is 0.754. The molecule has 0 amide bonds. The smallest absolute Gasteiger partial charge is 0.288 e. The van der Waals surface area contributed by atoms with Gasteiger partial charge in [-0.2, -0.15) is 0 Å². The molecule has 1 aromatic carbocycles. The highest BCUT2D eigenvalue weighted by Crippen LogP contribution is 2.29. The van der Waals surface area contributed by atoms with Gasteiger partial charge < -0.3 is 5.11 Å². The van der Waals surface area contributed by atoms with Crippen molar-refractivity contribution >= 4 is 34.3 Å². The van der Waals surface area contributed by atoms with Crippen LogP contribution >= 0.6 is 23.4 Å². The molecule has 0 bridgehead atoms. The molecule has 0 unspecified atom stereocenters. The van der Waals surface area contributed by atoms with Crippen LogP contribution in [0.15, 0.2) is 29.1 Å². The zero-order valence-electron chi connectivity index (χ0n) is 6.87. The predicted molar refractivity (Wildman–Crippen MR) is 56.1 cm³/mol. The van der Waals surface area contributed by atoms with E-state index >= 15 is 0 Å². The third-order valence-corrected chi connectivity index (χ3v) is 2.62. The fraction of sp³-hybridized carbons (Fsp3) is 0. The minimum atomic E-state index is -0.621. The van der Waals surface area contributed by atoms with Crippen LogP contribution in [-0.2, 0) is 0 Å². The molecule has 1 N–H and O–H groups in total. The summed E-state index contributed by atoms with van der Waals surface area (Å²) in [7, 11) is 0. The van der Waals surface area contributed by atoms with Gasteiger partial charge in [-0.25, -0.2) is 4.09 Å². The lowest BCUT2D eigenvalue weighted by atomic mass is 10.2. The van der Waals surface area contributed by atoms with Crippen LogP contribution in [0.2, 0.25) is 5.02 Å². The Balaban J connectivity index is 3.10. The topological polar surface area (TPSA) is 42.2 Å². The van der Waals surface area contributed by atoms with E-state index in [1.54, 1.807) is 24.3 Å². The maximum absolute atomic E-state index is 11.3. The number of pyridine rings is 1. The van der Waals surface area contributed by atoms with Crippen LogP contribution in [0.1, 0.15) is 0 Å². The Morgan fingerprint density at radius 3 is 2.64 bits per heavy atom. The van der Waals surface area contributed by atoms with Crippen LogP contribution in [-0.4, -0.2) is 9.19 Å². The molecule has 1 aromatic heterocycles. The van der Waals surface area contributed by atoms with Gasteiger partial charge in [0.05, 0.1) is 5.52 Å². The van der Waals surface area contributed by atoms with E-state index in [0.717, 1.165) is 4.09 Å². The molecule has 0 saturated carbocycles. The van der Waals surface area contributed by atoms with Crippen molar-refractivity contribution in [2.45, 2.75) is 0 Å². The number of benzene rings is 1. The lowest BCUT2D eigenvalue weighted by Gasteiger charge is -2.05. The monoisotopic (exact) mass is 229 g/mol. The van der Waals surface area contributed by atoms with Crippen molar-refractivity contribution < 1.29 is 5.11 Å². The van der Waals surface area contributed by atoms with E-state index in [4.69, 9.17) is 23.4 Å². The fourth-order valence-corrected chi connectivity index (χ4v) is 1.72. The second-order valence-corrected chi connectivity index (χ2v) is 3.48. The van der Waals surface area contributed by atoms with Crippen LogP contribution in [0, 0.1) is 0 Å². The first-order valence-corrected chi connectivity index (χ1v) is 4.53. The lowest BCUT2D eigenvalue weighted by molar-refractivity contribution is 0.480. The molecule has 72 valence electrons. The summed E-state index contributed by atoms with van der Waals surface area (Å²) in [5, 5.41) is 9.75. The Kier molecular flexibility index (Phi) is 2.13. The van der Waals surface area contributed by atoms with E-state index < -0.39 is 5.56 Å². The molecule has 0 radical (unpaired) electrons. The zero-order valence-corrected chi connectivity index (χ0v) is 8.38. The molecule has 2 rings (SSSR count). The SMILES string of the molecule is O=c1c(Cl)c(O)c2ccccc2n1Cl. The molecule has 14 heavy (non-hydrogen) atoms. The second-order valence-electron chi connectivity index (χ2n) is 2.77. The van der Waals surface area contributed by atoms with Gasteiger partial charge in [0, 0.05) is 17.2 Å². The van der Waals surface area contributed by atoms with E-state index in [9.17, 15) is 9.90 Å². The molecule has 0 aliphatic carbocycles. The number of fused-ring (bicyclic) bond motifs is 1. The average Bonchev–Trinajstić information content (AvgIpc) is 2.23. The number of aromatic nitrogens is 1. The third kappa shape index (κ3) is 1.17. The predicted octanol–water partition coefficient (Wildman–Crippen LogP) is 2.36. The molecule has 0 aliphatic heterocycles. The lowest BCUT2D eigenvalue weighted by Crippen LogP contribution is -2.13. The molecule has 0 spiro atoms. The number of hydrogen-bond acceptors (Lipinski definition) is 2. The molecule has 1 heterocycles. The van der Waals surface area contributed by atoms with Crippen LogP contribution in [0.4, 0.5) is 0 Å². The molecule has 0 aliphatic rings. The maximum atomic E-state index is 11.3. The Bertz CT molecular complexity index is 562. The van der Waals surface area contributed by atoms with Crippen LogP contribution in [0.3, 0.4) is 0 Å². The van der Waals surface area contributed by atoms with Gasteiger partial charge in [-0.15, -0.1) is 0 Å². The summed E-state index contributed by atoms with van der Waals surface area (Å²) in [4.78, 5) is 11.3. The Labute approximate surface area is 89.2 Å². The first kappa shape index (κ1) is 9.37. The number of halogens is 2. The van der Waals surface area contributed by atoms with Gasteiger partial charge in [0.2, 0.25) is 0 Å². The zero-order chi connectivity index (χ0) is 10.3. The van der Waals surface area contributed by atoms with E-state index in [2.05, 4.69) is 0 Å². The van der Waals surface area contributed by atoms with Crippen molar-refractivity contribution in [1.29, 1.82) is 0 Å². The molecule has 5 heteroatoms. The fourth-order valence-electron chi connectivity index (χ4n) is 1.26. The highest BCUT2D eigenvalue weighted by Gasteiger charge is 2.12. The van der Waals surface area contributed by atoms with Gasteiger partial charge >= 0.3 is 0 Å². The summed E-state index contributed by atoms with van der Waals surface area (Å²) < 4.78 is 0.886. The minimum Gasteiger partial charge on any atom is -0.505 e. The van der Waals surface area contributed by atoms with Crippen molar-refractivity contribution in [2.75, 3.05) is 0 Å². The molecule has 0 atom stereocenters. The van der Waals surface area contributed by atoms with Crippen LogP contribution in [0.5, 0.6) is 5.75 Å². The largest absolute Gasteiger partial charge is 0.505 e. The highest BCUT2D eigenvalue weighted by atomic mass is 35.5. The molecular formula is C9H5Cl2NO2. The maximum Gasteiger partial charge on any atom is 0.288 e. The highest BCUT2D eigenvalue weighted by molar-refractivity contribution is 6.33. The Hall–Kier alpha value is -1.19. The average molecular weight is 230 g/mol. The summed E-state index contributed by atoms with van der Waals surface area (Å²) >= 11 is 11.3. The summed E-state index contributed by atoms with van der Waals surface area (Å²) in [6, 6.07) is 6.70. The Morgan fingerprint density at radius 2 is 1.93 bits per heavy atom. The summed E-state index contributed by atoms with van der Waals surface area (Å²) in [5.41, 5.74) is -0.189. The second kappa shape index (κ2) is 3.19. The standard InChI is InChI=1S/C9H5Cl2NO2/c10-7-8(13)5-3-1-2-4-6(5)12(11)9(7)14/h1-4,13H. The number of nitrogens with zero attached hydrogens (tertiary/aromatic N) is 1. The van der Waals surface area contributed by atoms with Gasteiger partial charge in [0.25, 0.3) is 5.56 Å². The number of aromatic hydroxyl groups is 1. The molecule has 0 saturated heterocycles. The summed E-state index contributed by atoms with van der Waals surface area (Å²) in [6.45, 7) is 0. The van der Waals surface area contributed by atoms with Crippen LogP contribution in [0.25, 0.3) is 10.9 Å². The minimum absolute atomic E-state index is 0.232. The summed E-state index contributed by atoms with van der Waals surface area (Å²) in [5.74, 6) is -0.232. The van der Waals surface area contributed by atoms with Crippen LogP contribution < -0.4 is 5.56 Å². The van der Waals surface area contributed by atoms with Gasteiger partial charge in [-0.1, -0.05) is 23.7 Å². The van der Waals surface area contributed by atoms with Gasteiger partial charge in [-0.05, 0) is 12.1 Å². The third-order valence-electron chi connectivity index (χ3n) is 1.94. The van der Waals surface area contributed by atoms with E-state index in [1.165, 1.54) is 0 Å². The summed E-state index contributed by atoms with van der Waals surface area (Å²) in [6.07, 6.45) is 0. The van der Waals surface area contributed by atoms with Gasteiger partial charge in [0.1, 0.15) is 10.8 Å². The first-order chi connectivity index (χ1) is 6.63. The molecule has 3 nitrogen and oxygen atoms in total. The number of rotatable bonds is 0. The molecule has 2 aromatic rings. The van der Waals surface area contributed by atoms with Crippen molar-refractivity contribution in [1.82, 2.24) is 4.09 Å². The van der Waals surface area contributed by atoms with Crippen molar-refractivity contribution in [3.05, 3.63) is 39.6 Å². The molecular weight excluding hydrogens is 225 g/mol. The number of para-hydroxylation sites is 1. The van der Waals surface area contributed by atoms with E-state index in [0.29, 0.717) is 10.9 Å².